The van der Waals surface area contributed by atoms with E-state index in [1.54, 1.807) is 31.5 Å². The lowest BCUT2D eigenvalue weighted by Gasteiger charge is -2.04. The fourth-order valence-corrected chi connectivity index (χ4v) is 1.93. The molecule has 0 saturated heterocycles. The average Bonchev–Trinajstić information content (AvgIpc) is 2.94. The lowest BCUT2D eigenvalue weighted by Crippen LogP contribution is -2.08. The predicted octanol–water partition coefficient (Wildman–Crippen LogP) is 1.67. The molecule has 0 aliphatic carbocycles. The number of pyridine rings is 1. The van der Waals surface area contributed by atoms with Crippen LogP contribution >= 0.6 is 0 Å². The van der Waals surface area contributed by atoms with Gasteiger partial charge in [-0.2, -0.15) is 9.61 Å². The number of hydrogen-bond acceptors (Lipinski definition) is 6. The minimum atomic E-state index is -0.636. The third-order valence-electron chi connectivity index (χ3n) is 2.91. The van der Waals surface area contributed by atoms with Crippen molar-refractivity contribution >= 4 is 11.6 Å². The molecular weight excluding hydrogens is 272 g/mol. The van der Waals surface area contributed by atoms with E-state index in [4.69, 9.17) is 4.74 Å². The van der Waals surface area contributed by atoms with Gasteiger partial charge in [0.05, 0.1) is 12.3 Å². The number of esters is 1. The first-order valence-electron chi connectivity index (χ1n) is 6.36. The highest BCUT2D eigenvalue weighted by Crippen LogP contribution is 2.23. The molecule has 0 radical (unpaired) electrons. The average molecular weight is 284 g/mol. The highest BCUT2D eigenvalue weighted by Gasteiger charge is 2.18. The van der Waals surface area contributed by atoms with Crippen molar-refractivity contribution in [3.63, 3.8) is 0 Å². The topological polar surface area (TPSA) is 89.6 Å². The second-order valence-corrected chi connectivity index (χ2v) is 4.26. The van der Waals surface area contributed by atoms with Crippen molar-refractivity contribution in [1.29, 1.82) is 0 Å². The van der Waals surface area contributed by atoms with Crippen LogP contribution in [0.3, 0.4) is 0 Å². The Morgan fingerprint density at radius 2 is 2.29 bits per heavy atom. The molecule has 0 aromatic carbocycles. The molecule has 0 unspecified atom stereocenters. The smallest absolute Gasteiger partial charge is 0.345 e. The quantitative estimate of drug-likeness (QED) is 0.736. The Labute approximate surface area is 119 Å². The van der Waals surface area contributed by atoms with Gasteiger partial charge in [-0.05, 0) is 19.1 Å². The lowest BCUT2D eigenvalue weighted by molar-refractivity contribution is 0.0521. The van der Waals surface area contributed by atoms with Gasteiger partial charge in [-0.3, -0.25) is 4.98 Å². The maximum Gasteiger partial charge on any atom is 0.345 e. The summed E-state index contributed by atoms with van der Waals surface area (Å²) in [5.41, 5.74) is 1.80. The number of nitrogens with zero attached hydrogens (tertiary/aromatic N) is 4. The van der Waals surface area contributed by atoms with Crippen molar-refractivity contribution in [3.8, 4) is 17.1 Å². The zero-order valence-corrected chi connectivity index (χ0v) is 11.2. The lowest BCUT2D eigenvalue weighted by atomic mass is 10.2. The maximum absolute atomic E-state index is 11.7. The fourth-order valence-electron chi connectivity index (χ4n) is 1.93. The van der Waals surface area contributed by atoms with Crippen LogP contribution in [0, 0.1) is 0 Å². The third kappa shape index (κ3) is 2.29. The zero-order valence-electron chi connectivity index (χ0n) is 11.2. The Morgan fingerprint density at radius 1 is 1.43 bits per heavy atom. The molecule has 0 aliphatic rings. The van der Waals surface area contributed by atoms with E-state index in [1.165, 1.54) is 10.7 Å². The van der Waals surface area contributed by atoms with E-state index in [-0.39, 0.29) is 18.1 Å². The van der Waals surface area contributed by atoms with Crippen molar-refractivity contribution in [2.75, 3.05) is 6.61 Å². The van der Waals surface area contributed by atoms with Crippen molar-refractivity contribution in [3.05, 3.63) is 42.4 Å². The van der Waals surface area contributed by atoms with Crippen LogP contribution in [-0.4, -0.2) is 37.3 Å². The molecule has 0 bridgehead atoms. The van der Waals surface area contributed by atoms with Gasteiger partial charge in [0, 0.05) is 30.2 Å². The van der Waals surface area contributed by atoms with Crippen molar-refractivity contribution < 1.29 is 14.6 Å². The monoisotopic (exact) mass is 284 g/mol. The van der Waals surface area contributed by atoms with E-state index < -0.39 is 5.97 Å². The van der Waals surface area contributed by atoms with Crippen LogP contribution in [0.2, 0.25) is 0 Å². The molecule has 106 valence electrons. The van der Waals surface area contributed by atoms with Gasteiger partial charge in [-0.25, -0.2) is 9.78 Å². The number of carbonyl (C=O) groups excluding carboxylic acids is 1. The molecule has 0 spiro atoms. The largest absolute Gasteiger partial charge is 0.493 e. The summed E-state index contributed by atoms with van der Waals surface area (Å²) in [4.78, 5) is 19.8. The maximum atomic E-state index is 11.7. The summed E-state index contributed by atoms with van der Waals surface area (Å²) < 4.78 is 6.06. The molecule has 0 fully saturated rings. The van der Waals surface area contributed by atoms with Gasteiger partial charge >= 0.3 is 5.97 Å². The second-order valence-electron chi connectivity index (χ2n) is 4.26. The Bertz CT molecular complexity index is 799. The van der Waals surface area contributed by atoms with Crippen LogP contribution in [0.15, 0.2) is 36.8 Å². The highest BCUT2D eigenvalue weighted by atomic mass is 16.5. The van der Waals surface area contributed by atoms with Crippen molar-refractivity contribution in [2.24, 2.45) is 0 Å². The Hall–Kier alpha value is -2.96. The number of aromatic hydroxyl groups is 1. The molecule has 7 nitrogen and oxygen atoms in total. The van der Waals surface area contributed by atoms with Crippen LogP contribution in [0.25, 0.3) is 16.9 Å². The number of ether oxygens (including phenoxy) is 1. The summed E-state index contributed by atoms with van der Waals surface area (Å²) in [6.07, 6.45) is 4.59. The van der Waals surface area contributed by atoms with E-state index in [9.17, 15) is 9.90 Å². The molecule has 0 amide bonds. The Balaban J connectivity index is 2.10. The van der Waals surface area contributed by atoms with Gasteiger partial charge < -0.3 is 9.84 Å². The van der Waals surface area contributed by atoms with Crippen LogP contribution < -0.4 is 0 Å². The second kappa shape index (κ2) is 5.20. The number of fused-ring (bicyclic) bond motifs is 1. The molecular formula is C14H12N4O3. The van der Waals surface area contributed by atoms with Crippen molar-refractivity contribution in [1.82, 2.24) is 19.6 Å². The van der Waals surface area contributed by atoms with Gasteiger partial charge in [0.2, 0.25) is 5.88 Å². The SMILES string of the molecule is CCOC(=O)c1cnc2cc(-c3cccnc3)nn2c1O. The minimum absolute atomic E-state index is 0.0230. The van der Waals surface area contributed by atoms with Gasteiger partial charge in [-0.15, -0.1) is 0 Å². The third-order valence-corrected chi connectivity index (χ3v) is 2.91. The molecule has 3 heterocycles. The molecule has 7 heteroatoms. The molecule has 3 aromatic rings. The zero-order chi connectivity index (χ0) is 14.8. The molecule has 3 aromatic heterocycles. The molecule has 0 atom stereocenters. The summed E-state index contributed by atoms with van der Waals surface area (Å²) in [6, 6.07) is 5.33. The normalized spacial score (nSPS) is 10.7. The van der Waals surface area contributed by atoms with E-state index in [0.717, 1.165) is 5.56 Å². The Morgan fingerprint density at radius 3 is 3.00 bits per heavy atom. The summed E-state index contributed by atoms with van der Waals surface area (Å²) >= 11 is 0. The van der Waals surface area contributed by atoms with E-state index in [1.807, 2.05) is 6.07 Å². The molecule has 0 saturated carbocycles. The fraction of sp³-hybridized carbons (Fsp3) is 0.143. The highest BCUT2D eigenvalue weighted by molar-refractivity contribution is 5.91. The summed E-state index contributed by atoms with van der Waals surface area (Å²) in [5.74, 6) is -0.934. The summed E-state index contributed by atoms with van der Waals surface area (Å²) in [6.45, 7) is 1.91. The molecule has 0 aliphatic heterocycles. The summed E-state index contributed by atoms with van der Waals surface area (Å²) in [7, 11) is 0. The first kappa shape index (κ1) is 13.0. The number of aromatic nitrogens is 4. The predicted molar refractivity (Wildman–Crippen MR) is 73.8 cm³/mol. The van der Waals surface area contributed by atoms with Crippen LogP contribution in [0.1, 0.15) is 17.3 Å². The van der Waals surface area contributed by atoms with Crippen LogP contribution in [0.4, 0.5) is 0 Å². The van der Waals surface area contributed by atoms with E-state index in [2.05, 4.69) is 15.1 Å². The van der Waals surface area contributed by atoms with E-state index >= 15 is 0 Å². The van der Waals surface area contributed by atoms with Crippen LogP contribution in [0.5, 0.6) is 5.88 Å². The first-order valence-corrected chi connectivity index (χ1v) is 6.36. The van der Waals surface area contributed by atoms with Crippen molar-refractivity contribution in [2.45, 2.75) is 6.92 Å². The van der Waals surface area contributed by atoms with Crippen LogP contribution in [-0.2, 0) is 4.74 Å². The number of rotatable bonds is 3. The number of carbonyl (C=O) groups is 1. The summed E-state index contributed by atoms with van der Waals surface area (Å²) in [5, 5.41) is 14.4. The number of hydrogen-bond donors (Lipinski definition) is 1. The molecule has 1 N–H and O–H groups in total. The van der Waals surface area contributed by atoms with Gasteiger partial charge in [-0.1, -0.05) is 0 Å². The first-order chi connectivity index (χ1) is 10.2. The van der Waals surface area contributed by atoms with E-state index in [0.29, 0.717) is 11.3 Å². The minimum Gasteiger partial charge on any atom is -0.493 e. The Kier molecular flexibility index (Phi) is 3.23. The molecule has 3 rings (SSSR count). The van der Waals surface area contributed by atoms with Gasteiger partial charge in [0.25, 0.3) is 0 Å². The van der Waals surface area contributed by atoms with Gasteiger partial charge in [0.1, 0.15) is 5.56 Å². The van der Waals surface area contributed by atoms with Gasteiger partial charge in [0.15, 0.2) is 5.65 Å². The standard InChI is InChI=1S/C14H12N4O3/c1-2-21-14(20)10-8-16-12-6-11(17-18(12)13(10)19)9-4-3-5-15-7-9/h3-8,19H,2H2,1H3. The molecule has 21 heavy (non-hydrogen) atoms.